The van der Waals surface area contributed by atoms with Crippen molar-refractivity contribution in [3.8, 4) is 23.3 Å². The van der Waals surface area contributed by atoms with Crippen molar-refractivity contribution in [2.45, 2.75) is 49.1 Å². The van der Waals surface area contributed by atoms with Gasteiger partial charge in [-0.05, 0) is 85.7 Å². The van der Waals surface area contributed by atoms with Crippen LogP contribution in [-0.2, 0) is 30.8 Å². The number of carbonyl (C=O) groups is 2. The molecule has 3 aromatic rings. The van der Waals surface area contributed by atoms with Gasteiger partial charge in [0.1, 0.15) is 17.9 Å². The van der Waals surface area contributed by atoms with Crippen molar-refractivity contribution in [1.82, 2.24) is 4.31 Å². The van der Waals surface area contributed by atoms with Crippen molar-refractivity contribution in [1.29, 1.82) is 5.26 Å². The van der Waals surface area contributed by atoms with E-state index in [4.69, 9.17) is 24.1 Å². The van der Waals surface area contributed by atoms with Gasteiger partial charge < -0.3 is 24.1 Å². The van der Waals surface area contributed by atoms with Crippen molar-refractivity contribution >= 4 is 22.0 Å². The van der Waals surface area contributed by atoms with Gasteiger partial charge in [-0.2, -0.15) is 9.57 Å². The van der Waals surface area contributed by atoms with Crippen molar-refractivity contribution in [3.63, 3.8) is 0 Å². The molecule has 3 aromatic carbocycles. The molecule has 44 heavy (non-hydrogen) atoms. The molecule has 0 aliphatic carbocycles. The Bertz CT molecular complexity index is 1630. The van der Waals surface area contributed by atoms with E-state index in [1.54, 1.807) is 37.4 Å². The number of hydrogen-bond acceptors (Lipinski definition) is 9. The predicted octanol–water partition coefficient (Wildman–Crippen LogP) is 4.50. The fourth-order valence-electron chi connectivity index (χ4n) is 5.09. The third-order valence-electron chi connectivity index (χ3n) is 7.29. The number of ether oxygens (including phenoxy) is 4. The SMILES string of the molecule is COc1ccc(CC[C@@H](OC(=O)C2CCCCN2S(=O)(=O)c2cccc(C#N)c2)c2cccc(OCC(=O)O)c2)cc1OC. The lowest BCUT2D eigenvalue weighted by Gasteiger charge is -2.34. The average Bonchev–Trinajstić information content (AvgIpc) is 3.05. The van der Waals surface area contributed by atoms with Gasteiger partial charge in [0.05, 0.1) is 30.7 Å². The number of aliphatic carboxylic acids is 1. The molecular formula is C32H34N2O9S. The van der Waals surface area contributed by atoms with Crippen molar-refractivity contribution < 1.29 is 42.1 Å². The lowest BCUT2D eigenvalue weighted by atomic mass is 10.00. The van der Waals surface area contributed by atoms with Gasteiger partial charge in [-0.25, -0.2) is 13.2 Å². The minimum atomic E-state index is -4.10. The lowest BCUT2D eigenvalue weighted by Crippen LogP contribution is -2.48. The molecule has 0 aromatic heterocycles. The minimum absolute atomic E-state index is 0.0652. The van der Waals surface area contributed by atoms with E-state index in [1.807, 2.05) is 18.2 Å². The fourth-order valence-corrected chi connectivity index (χ4v) is 6.78. The third kappa shape index (κ3) is 7.86. The van der Waals surface area contributed by atoms with Gasteiger partial charge in [-0.15, -0.1) is 0 Å². The number of sulfonamides is 1. The molecule has 1 aliphatic heterocycles. The van der Waals surface area contributed by atoms with E-state index in [1.165, 1.54) is 31.4 Å². The van der Waals surface area contributed by atoms with E-state index in [0.717, 1.165) is 9.87 Å². The van der Waals surface area contributed by atoms with Crippen LogP contribution >= 0.6 is 0 Å². The Morgan fingerprint density at radius 1 is 1.02 bits per heavy atom. The summed E-state index contributed by atoms with van der Waals surface area (Å²) in [6.45, 7) is -0.408. The van der Waals surface area contributed by atoms with Gasteiger partial charge in [0.2, 0.25) is 10.0 Å². The number of rotatable bonds is 13. The van der Waals surface area contributed by atoms with Crippen molar-refractivity contribution in [2.24, 2.45) is 0 Å². The van der Waals surface area contributed by atoms with Gasteiger partial charge in [-0.1, -0.05) is 24.3 Å². The van der Waals surface area contributed by atoms with Crippen LogP contribution in [0.4, 0.5) is 0 Å². The second-order valence-electron chi connectivity index (χ2n) is 10.2. The number of aryl methyl sites for hydroxylation is 1. The molecule has 11 nitrogen and oxygen atoms in total. The number of nitrogens with zero attached hydrogens (tertiary/aromatic N) is 2. The van der Waals surface area contributed by atoms with E-state index in [9.17, 15) is 23.3 Å². The van der Waals surface area contributed by atoms with Crippen LogP contribution in [0.3, 0.4) is 0 Å². The fraction of sp³-hybridized carbons (Fsp3) is 0.344. The second kappa shape index (κ2) is 14.7. The highest BCUT2D eigenvalue weighted by molar-refractivity contribution is 7.89. The Balaban J connectivity index is 1.61. The van der Waals surface area contributed by atoms with E-state index in [-0.39, 0.29) is 29.2 Å². The number of carboxylic acid groups (broad SMARTS) is 1. The van der Waals surface area contributed by atoms with Crippen LogP contribution in [-0.4, -0.2) is 63.2 Å². The first kappa shape index (κ1) is 32.3. The van der Waals surface area contributed by atoms with Crippen molar-refractivity contribution in [2.75, 3.05) is 27.4 Å². The first-order valence-corrected chi connectivity index (χ1v) is 15.5. The highest BCUT2D eigenvalue weighted by atomic mass is 32.2. The topological polar surface area (TPSA) is 152 Å². The summed E-state index contributed by atoms with van der Waals surface area (Å²) in [5, 5.41) is 18.3. The Labute approximate surface area is 256 Å². The van der Waals surface area contributed by atoms with Gasteiger partial charge in [0.15, 0.2) is 18.1 Å². The Morgan fingerprint density at radius 3 is 2.52 bits per heavy atom. The van der Waals surface area contributed by atoms with Crippen LogP contribution in [0.5, 0.6) is 17.2 Å². The summed E-state index contributed by atoms with van der Waals surface area (Å²) in [6, 6.07) is 18.7. The molecule has 1 heterocycles. The highest BCUT2D eigenvalue weighted by Crippen LogP contribution is 2.33. The summed E-state index contributed by atoms with van der Waals surface area (Å²) in [6.07, 6.45) is 1.47. The van der Waals surface area contributed by atoms with Gasteiger partial charge in [-0.3, -0.25) is 4.79 Å². The molecule has 1 aliphatic rings. The summed E-state index contributed by atoms with van der Waals surface area (Å²) in [5.41, 5.74) is 1.65. The summed E-state index contributed by atoms with van der Waals surface area (Å²) in [4.78, 5) is 24.7. The van der Waals surface area contributed by atoms with E-state index in [2.05, 4.69) is 0 Å². The maximum absolute atomic E-state index is 13.8. The van der Waals surface area contributed by atoms with E-state index >= 15 is 0 Å². The number of esters is 1. The quantitative estimate of drug-likeness (QED) is 0.270. The molecule has 2 atom stereocenters. The highest BCUT2D eigenvalue weighted by Gasteiger charge is 2.39. The Hall–Kier alpha value is -4.60. The monoisotopic (exact) mass is 622 g/mol. The molecule has 0 saturated carbocycles. The molecule has 232 valence electrons. The van der Waals surface area contributed by atoms with Crippen LogP contribution in [0.2, 0.25) is 0 Å². The molecule has 0 radical (unpaired) electrons. The van der Waals surface area contributed by atoms with Gasteiger partial charge in [0.25, 0.3) is 0 Å². The molecule has 1 unspecified atom stereocenters. The molecule has 0 spiro atoms. The standard InChI is InChI=1S/C32H34N2O9S/c1-40-29-15-13-22(18-30(29)41-2)12-14-28(24-8-6-9-25(19-24)42-21-31(35)36)43-32(37)27-11-3-4-16-34(27)44(38,39)26-10-5-7-23(17-26)20-33/h5-10,13,15,17-19,27-28H,3-4,11-12,14,16,21H2,1-2H3,(H,35,36)/t27?,28-/m1/s1. The predicted molar refractivity (Wildman–Crippen MR) is 159 cm³/mol. The number of methoxy groups -OCH3 is 2. The van der Waals surface area contributed by atoms with Crippen molar-refractivity contribution in [3.05, 3.63) is 83.4 Å². The maximum Gasteiger partial charge on any atom is 0.341 e. The number of carbonyl (C=O) groups excluding carboxylic acids is 1. The first-order valence-electron chi connectivity index (χ1n) is 14.0. The summed E-state index contributed by atoms with van der Waals surface area (Å²) in [7, 11) is -1.02. The lowest BCUT2D eigenvalue weighted by molar-refractivity contribution is -0.155. The van der Waals surface area contributed by atoms with Crippen LogP contribution in [0, 0.1) is 11.3 Å². The molecule has 0 amide bonds. The van der Waals surface area contributed by atoms with E-state index < -0.39 is 40.7 Å². The average molecular weight is 623 g/mol. The summed E-state index contributed by atoms with van der Waals surface area (Å²) < 4.78 is 50.6. The molecule has 4 rings (SSSR count). The smallest absolute Gasteiger partial charge is 0.341 e. The zero-order valence-corrected chi connectivity index (χ0v) is 25.3. The van der Waals surface area contributed by atoms with Crippen LogP contribution in [0.25, 0.3) is 0 Å². The van der Waals surface area contributed by atoms with Gasteiger partial charge >= 0.3 is 11.9 Å². The van der Waals surface area contributed by atoms with Crippen LogP contribution < -0.4 is 14.2 Å². The molecule has 12 heteroatoms. The first-order chi connectivity index (χ1) is 21.2. The number of hydrogen-bond donors (Lipinski definition) is 1. The number of piperidine rings is 1. The molecule has 1 N–H and O–H groups in total. The molecule has 1 fully saturated rings. The summed E-state index contributed by atoms with van der Waals surface area (Å²) in [5.74, 6) is -0.423. The number of carboxylic acids is 1. The second-order valence-corrected chi connectivity index (χ2v) is 12.1. The van der Waals surface area contributed by atoms with Gasteiger partial charge in [0, 0.05) is 6.54 Å². The zero-order valence-electron chi connectivity index (χ0n) is 24.5. The summed E-state index contributed by atoms with van der Waals surface area (Å²) >= 11 is 0. The van der Waals surface area contributed by atoms with Crippen LogP contribution in [0.15, 0.2) is 71.6 Å². The Morgan fingerprint density at radius 2 is 1.80 bits per heavy atom. The Kier molecular flexibility index (Phi) is 10.8. The van der Waals surface area contributed by atoms with E-state index in [0.29, 0.717) is 42.7 Å². The molecular weight excluding hydrogens is 588 g/mol. The largest absolute Gasteiger partial charge is 0.493 e. The number of benzene rings is 3. The molecule has 1 saturated heterocycles. The molecule has 0 bridgehead atoms. The third-order valence-corrected chi connectivity index (χ3v) is 9.19. The zero-order chi connectivity index (χ0) is 31.7. The van der Waals surface area contributed by atoms with Crippen LogP contribution in [0.1, 0.15) is 48.5 Å². The minimum Gasteiger partial charge on any atom is -0.493 e. The normalized spacial score (nSPS) is 15.9. The maximum atomic E-state index is 13.8. The number of nitriles is 1.